The highest BCUT2D eigenvalue weighted by atomic mass is 35.5. The van der Waals surface area contributed by atoms with E-state index in [0.717, 1.165) is 40.3 Å². The van der Waals surface area contributed by atoms with E-state index >= 15 is 0 Å². The SMILES string of the molecule is COc1ccc([C@H]2Oc3ccc(Cl)cc3[C@@H]3CC(c4ccc(OC)c(OC)c4)=NN23)cc1. The molecule has 0 unspecified atom stereocenters. The number of methoxy groups -OCH3 is 3. The van der Waals surface area contributed by atoms with Gasteiger partial charge in [-0.25, -0.2) is 5.01 Å². The highest BCUT2D eigenvalue weighted by molar-refractivity contribution is 6.30. The number of halogens is 1. The van der Waals surface area contributed by atoms with Crippen LogP contribution in [-0.2, 0) is 0 Å². The third-order valence-electron chi connectivity index (χ3n) is 5.87. The first kappa shape index (κ1) is 20.5. The van der Waals surface area contributed by atoms with Gasteiger partial charge in [0, 0.05) is 28.1 Å². The maximum absolute atomic E-state index is 6.40. The van der Waals surface area contributed by atoms with Crippen LogP contribution >= 0.6 is 11.6 Å². The van der Waals surface area contributed by atoms with Gasteiger partial charge in [0.15, 0.2) is 11.5 Å². The summed E-state index contributed by atoms with van der Waals surface area (Å²) in [5, 5.41) is 7.69. The fourth-order valence-electron chi connectivity index (χ4n) is 4.24. The van der Waals surface area contributed by atoms with Gasteiger partial charge in [-0.05, 0) is 60.7 Å². The Kier molecular flexibility index (Phi) is 5.31. The summed E-state index contributed by atoms with van der Waals surface area (Å²) in [5.41, 5.74) is 3.95. The molecule has 0 aliphatic carbocycles. The van der Waals surface area contributed by atoms with Crippen molar-refractivity contribution in [3.63, 3.8) is 0 Å². The van der Waals surface area contributed by atoms with Gasteiger partial charge in [0.2, 0.25) is 6.23 Å². The lowest BCUT2D eigenvalue weighted by molar-refractivity contribution is -0.0190. The normalized spacial score (nSPS) is 18.9. The van der Waals surface area contributed by atoms with E-state index in [1.54, 1.807) is 21.3 Å². The minimum absolute atomic E-state index is 0.00708. The lowest BCUT2D eigenvalue weighted by Gasteiger charge is -2.38. The topological polar surface area (TPSA) is 52.5 Å². The molecule has 0 saturated heterocycles. The molecule has 2 aliphatic heterocycles. The minimum Gasteiger partial charge on any atom is -0.497 e. The lowest BCUT2D eigenvalue weighted by atomic mass is 9.95. The van der Waals surface area contributed by atoms with Crippen molar-refractivity contribution in [3.05, 3.63) is 82.4 Å². The predicted octanol–water partition coefficient (Wildman–Crippen LogP) is 5.61. The van der Waals surface area contributed by atoms with Gasteiger partial charge >= 0.3 is 0 Å². The number of rotatable bonds is 5. The van der Waals surface area contributed by atoms with Crippen LogP contribution in [0.1, 0.15) is 35.4 Å². The van der Waals surface area contributed by atoms with Gasteiger partial charge in [0.25, 0.3) is 0 Å². The average molecular weight is 451 g/mol. The molecule has 0 aromatic heterocycles. The second-order valence-corrected chi connectivity index (χ2v) is 8.08. The Morgan fingerprint density at radius 3 is 2.41 bits per heavy atom. The summed E-state index contributed by atoms with van der Waals surface area (Å²) in [5.74, 6) is 2.97. The molecule has 0 spiro atoms. The molecule has 2 heterocycles. The molecule has 5 rings (SSSR count). The van der Waals surface area contributed by atoms with Gasteiger partial charge in [0.1, 0.15) is 11.5 Å². The molecule has 2 aliphatic rings. The summed E-state index contributed by atoms with van der Waals surface area (Å²) < 4.78 is 22.6. The maximum atomic E-state index is 6.40. The Balaban J connectivity index is 1.57. The van der Waals surface area contributed by atoms with Gasteiger partial charge in [-0.1, -0.05) is 11.6 Å². The molecule has 32 heavy (non-hydrogen) atoms. The van der Waals surface area contributed by atoms with Crippen molar-refractivity contribution >= 4 is 17.3 Å². The van der Waals surface area contributed by atoms with Crippen LogP contribution in [0.2, 0.25) is 5.02 Å². The van der Waals surface area contributed by atoms with Crippen LogP contribution in [0.4, 0.5) is 0 Å². The number of hydrazone groups is 1. The summed E-state index contributed by atoms with van der Waals surface area (Å²) in [4.78, 5) is 0. The van der Waals surface area contributed by atoms with E-state index in [4.69, 9.17) is 35.6 Å². The molecular formula is C25H23ClN2O4. The van der Waals surface area contributed by atoms with Gasteiger partial charge in [0.05, 0.1) is 33.1 Å². The molecule has 0 N–H and O–H groups in total. The molecule has 7 heteroatoms. The summed E-state index contributed by atoms with van der Waals surface area (Å²) in [6.07, 6.45) is 0.357. The van der Waals surface area contributed by atoms with E-state index in [-0.39, 0.29) is 12.3 Å². The molecule has 6 nitrogen and oxygen atoms in total. The number of hydrogen-bond acceptors (Lipinski definition) is 6. The van der Waals surface area contributed by atoms with Crippen molar-refractivity contribution < 1.29 is 18.9 Å². The molecule has 164 valence electrons. The number of benzene rings is 3. The van der Waals surface area contributed by atoms with Crippen molar-refractivity contribution in [2.45, 2.75) is 18.7 Å². The first-order chi connectivity index (χ1) is 15.6. The van der Waals surface area contributed by atoms with Crippen molar-refractivity contribution in [3.8, 4) is 23.0 Å². The van der Waals surface area contributed by atoms with E-state index in [0.29, 0.717) is 16.5 Å². The zero-order valence-electron chi connectivity index (χ0n) is 18.0. The van der Waals surface area contributed by atoms with Gasteiger partial charge in [-0.15, -0.1) is 0 Å². The number of fused-ring (bicyclic) bond motifs is 3. The monoisotopic (exact) mass is 450 g/mol. The van der Waals surface area contributed by atoms with Gasteiger partial charge in [-0.3, -0.25) is 0 Å². The van der Waals surface area contributed by atoms with Gasteiger partial charge in [-0.2, -0.15) is 5.10 Å². The Hall–Kier alpha value is -3.38. The van der Waals surface area contributed by atoms with Crippen LogP contribution in [-0.4, -0.2) is 32.0 Å². The van der Waals surface area contributed by atoms with Crippen LogP contribution in [0.3, 0.4) is 0 Å². The van der Waals surface area contributed by atoms with Crippen molar-refractivity contribution in [2.75, 3.05) is 21.3 Å². The quantitative estimate of drug-likeness (QED) is 0.505. The van der Waals surface area contributed by atoms with E-state index in [2.05, 4.69) is 0 Å². The van der Waals surface area contributed by atoms with E-state index in [1.165, 1.54) is 0 Å². The van der Waals surface area contributed by atoms with Crippen molar-refractivity contribution in [2.24, 2.45) is 5.10 Å². The third kappa shape index (κ3) is 3.50. The molecule has 0 amide bonds. The van der Waals surface area contributed by atoms with Crippen LogP contribution in [0.5, 0.6) is 23.0 Å². The standard InChI is InChI=1S/C25H23ClN2O4/c1-29-18-8-4-15(5-9-18)25-28-21(19-13-17(26)7-11-22(19)32-25)14-20(27-28)16-6-10-23(30-2)24(12-16)31-3/h4-13,21,25H,14H2,1-3H3/t21-,25+/m0/s1. The third-order valence-corrected chi connectivity index (χ3v) is 6.10. The molecule has 0 bridgehead atoms. The van der Waals surface area contributed by atoms with E-state index in [9.17, 15) is 0 Å². The summed E-state index contributed by atoms with van der Waals surface area (Å²) in [6, 6.07) is 19.5. The predicted molar refractivity (Wildman–Crippen MR) is 123 cm³/mol. The minimum atomic E-state index is -0.364. The second-order valence-electron chi connectivity index (χ2n) is 7.64. The van der Waals surface area contributed by atoms with Crippen LogP contribution in [0, 0.1) is 0 Å². The Bertz CT molecular complexity index is 1180. The van der Waals surface area contributed by atoms with E-state index in [1.807, 2.05) is 65.7 Å². The molecule has 0 radical (unpaired) electrons. The fourth-order valence-corrected chi connectivity index (χ4v) is 4.42. The van der Waals surface area contributed by atoms with E-state index < -0.39 is 0 Å². The molecule has 0 saturated carbocycles. The van der Waals surface area contributed by atoms with Gasteiger partial charge < -0.3 is 18.9 Å². The summed E-state index contributed by atoms with van der Waals surface area (Å²) >= 11 is 6.32. The Morgan fingerprint density at radius 1 is 0.906 bits per heavy atom. The van der Waals surface area contributed by atoms with Crippen LogP contribution < -0.4 is 18.9 Å². The average Bonchev–Trinajstić information content (AvgIpc) is 3.29. The molecule has 3 aromatic carbocycles. The first-order valence-corrected chi connectivity index (χ1v) is 10.7. The number of ether oxygens (including phenoxy) is 4. The van der Waals surface area contributed by atoms with Crippen LogP contribution in [0.25, 0.3) is 0 Å². The van der Waals surface area contributed by atoms with Crippen molar-refractivity contribution in [1.29, 1.82) is 0 Å². The largest absolute Gasteiger partial charge is 0.497 e. The van der Waals surface area contributed by atoms with Crippen molar-refractivity contribution in [1.82, 2.24) is 5.01 Å². The smallest absolute Gasteiger partial charge is 0.213 e. The highest BCUT2D eigenvalue weighted by Gasteiger charge is 2.41. The highest BCUT2D eigenvalue weighted by Crippen LogP contribution is 2.48. The lowest BCUT2D eigenvalue weighted by Crippen LogP contribution is -2.33. The first-order valence-electron chi connectivity index (χ1n) is 10.3. The summed E-state index contributed by atoms with van der Waals surface area (Å²) in [6.45, 7) is 0. The van der Waals surface area contributed by atoms with Crippen LogP contribution in [0.15, 0.2) is 65.8 Å². The molecular weight excluding hydrogens is 428 g/mol. The fraction of sp³-hybridized carbons (Fsp3) is 0.240. The Labute approximate surface area is 191 Å². The molecule has 0 fully saturated rings. The second kappa shape index (κ2) is 8.28. The maximum Gasteiger partial charge on any atom is 0.213 e. The molecule has 2 atom stereocenters. The Morgan fingerprint density at radius 2 is 1.69 bits per heavy atom. The number of hydrogen-bond donors (Lipinski definition) is 0. The zero-order chi connectivity index (χ0) is 22.2. The molecule has 3 aromatic rings. The zero-order valence-corrected chi connectivity index (χ0v) is 18.8. The number of nitrogens with zero attached hydrogens (tertiary/aromatic N) is 2. The summed E-state index contributed by atoms with van der Waals surface area (Å²) in [7, 11) is 4.91.